The van der Waals surface area contributed by atoms with Crippen LogP contribution in [0.1, 0.15) is 26.7 Å². The first-order chi connectivity index (χ1) is 9.24. The van der Waals surface area contributed by atoms with Gasteiger partial charge in [-0.2, -0.15) is 0 Å². The Labute approximate surface area is 146 Å². The minimum Gasteiger partial charge on any atom is -0.550 e. The molecule has 0 aliphatic carbocycles. The number of hydrogen-bond donors (Lipinski definition) is 5. The first-order valence-electron chi connectivity index (χ1n) is 5.01. The van der Waals surface area contributed by atoms with Crippen molar-refractivity contribution in [3.8, 4) is 0 Å². The van der Waals surface area contributed by atoms with E-state index >= 15 is 0 Å². The molecule has 0 rings (SSSR count). The van der Waals surface area contributed by atoms with Gasteiger partial charge in [-0.15, -0.1) is 0 Å². The molecule has 0 bridgehead atoms. The Kier molecular flexibility index (Phi) is 18.4. The topological polar surface area (TPSA) is 210 Å². The van der Waals surface area contributed by atoms with Gasteiger partial charge in [-0.3, -0.25) is 14.4 Å². The predicted octanol–water partition coefficient (Wildman–Crippen LogP) is -5.40. The standard InChI is InChI=1S/C6H8O7.2C2H4O2.Na/c7-3(8)1-6(13,5(11)12)2-4(9)10;2*1-2(3)4;/h13H,1-2H2,(H,7,8)(H,9,10)(H,11,12);2*1H3,(H,3,4);/q;;;+1/p-1. The molecule has 0 radical (unpaired) electrons. The average Bonchev–Trinajstić information content (AvgIpc) is 2.11. The van der Waals surface area contributed by atoms with Crippen molar-refractivity contribution < 1.29 is 84.2 Å². The van der Waals surface area contributed by atoms with Gasteiger partial charge in [0.2, 0.25) is 0 Å². The second-order valence-electron chi connectivity index (χ2n) is 3.49. The maximum atomic E-state index is 10.3. The van der Waals surface area contributed by atoms with E-state index in [0.717, 1.165) is 13.8 Å². The van der Waals surface area contributed by atoms with Crippen molar-refractivity contribution in [3.05, 3.63) is 0 Å². The third kappa shape index (κ3) is 26.8. The van der Waals surface area contributed by atoms with Crippen molar-refractivity contribution in [1.29, 1.82) is 0 Å². The zero-order chi connectivity index (χ0) is 17.8. The van der Waals surface area contributed by atoms with Gasteiger partial charge < -0.3 is 35.4 Å². The molecule has 0 heterocycles. The molecule has 0 saturated carbocycles. The van der Waals surface area contributed by atoms with Crippen LogP contribution in [0.5, 0.6) is 0 Å². The Hall–Kier alpha value is -1.69. The van der Waals surface area contributed by atoms with Crippen LogP contribution in [0.2, 0.25) is 0 Å². The molecule has 0 aliphatic heterocycles. The van der Waals surface area contributed by atoms with Crippen LogP contribution in [-0.4, -0.2) is 61.0 Å². The number of carboxylic acids is 5. The van der Waals surface area contributed by atoms with Gasteiger partial charge in [0.05, 0.1) is 12.8 Å². The SMILES string of the molecule is CC(=O)O.CC(=O)[O-].O=C(O)CC(O)(CC(=O)O)C(=O)O.[Na+]. The number of aliphatic carboxylic acids is 5. The van der Waals surface area contributed by atoms with Crippen molar-refractivity contribution in [2.24, 2.45) is 0 Å². The molecule has 122 valence electrons. The van der Waals surface area contributed by atoms with Gasteiger partial charge >= 0.3 is 47.5 Å². The van der Waals surface area contributed by atoms with Crippen LogP contribution in [0.4, 0.5) is 0 Å². The van der Waals surface area contributed by atoms with Crippen LogP contribution in [0.3, 0.4) is 0 Å². The fourth-order valence-corrected chi connectivity index (χ4v) is 0.714. The molecule has 0 amide bonds. The predicted molar refractivity (Wildman–Crippen MR) is 61.1 cm³/mol. The summed E-state index contributed by atoms with van der Waals surface area (Å²) in [5.41, 5.74) is -2.74. The summed E-state index contributed by atoms with van der Waals surface area (Å²) < 4.78 is 0. The molecule has 22 heavy (non-hydrogen) atoms. The molecule has 0 aromatic heterocycles. The molecule has 5 N–H and O–H groups in total. The van der Waals surface area contributed by atoms with E-state index in [4.69, 9.17) is 40.2 Å². The van der Waals surface area contributed by atoms with Gasteiger partial charge in [0.1, 0.15) is 0 Å². The maximum absolute atomic E-state index is 10.3. The summed E-state index contributed by atoms with van der Waals surface area (Å²) in [6.07, 6.45) is -2.29. The number of aliphatic hydroxyl groups is 1. The number of hydrogen-bond acceptors (Lipinski definition) is 7. The fourth-order valence-electron chi connectivity index (χ4n) is 0.714. The smallest absolute Gasteiger partial charge is 0.550 e. The number of rotatable bonds is 5. The molecular formula is C10H15NaO11. The van der Waals surface area contributed by atoms with E-state index in [1.165, 1.54) is 0 Å². The second-order valence-corrected chi connectivity index (χ2v) is 3.49. The van der Waals surface area contributed by atoms with E-state index in [1.807, 2.05) is 0 Å². The van der Waals surface area contributed by atoms with Crippen molar-refractivity contribution >= 4 is 29.8 Å². The van der Waals surface area contributed by atoms with Crippen LogP contribution >= 0.6 is 0 Å². The van der Waals surface area contributed by atoms with Gasteiger partial charge in [-0.25, -0.2) is 4.79 Å². The Morgan fingerprint density at radius 2 is 1.05 bits per heavy atom. The average molecular weight is 334 g/mol. The van der Waals surface area contributed by atoms with E-state index in [-0.39, 0.29) is 29.6 Å². The van der Waals surface area contributed by atoms with Crippen molar-refractivity contribution in [1.82, 2.24) is 0 Å². The Balaban J connectivity index is -0.000000150. The van der Waals surface area contributed by atoms with E-state index < -0.39 is 48.3 Å². The third-order valence-electron chi connectivity index (χ3n) is 1.29. The molecule has 11 nitrogen and oxygen atoms in total. The minimum atomic E-state index is -2.74. The zero-order valence-corrected chi connectivity index (χ0v) is 14.1. The Bertz CT molecular complexity index is 368. The maximum Gasteiger partial charge on any atom is 1.00 e. The van der Waals surface area contributed by atoms with Crippen LogP contribution in [-0.2, 0) is 24.0 Å². The molecule has 0 unspecified atom stereocenters. The minimum absolute atomic E-state index is 0. The zero-order valence-electron chi connectivity index (χ0n) is 12.1. The molecular weight excluding hydrogens is 319 g/mol. The van der Waals surface area contributed by atoms with E-state index in [0.29, 0.717) is 0 Å². The third-order valence-corrected chi connectivity index (χ3v) is 1.29. The molecule has 0 atom stereocenters. The van der Waals surface area contributed by atoms with Gasteiger partial charge in [0.15, 0.2) is 5.60 Å². The summed E-state index contributed by atoms with van der Waals surface area (Å²) in [5.74, 6) is -6.94. The van der Waals surface area contributed by atoms with Crippen LogP contribution in [0.15, 0.2) is 0 Å². The summed E-state index contributed by atoms with van der Waals surface area (Å²) in [6, 6.07) is 0. The van der Waals surface area contributed by atoms with Gasteiger partial charge in [0, 0.05) is 12.9 Å². The molecule has 0 spiro atoms. The summed E-state index contributed by atoms with van der Waals surface area (Å²) in [4.78, 5) is 48.4. The quantitative estimate of drug-likeness (QED) is 0.299. The molecule has 0 aromatic carbocycles. The van der Waals surface area contributed by atoms with E-state index in [1.54, 1.807) is 0 Å². The molecule has 0 fully saturated rings. The monoisotopic (exact) mass is 334 g/mol. The fraction of sp³-hybridized carbons (Fsp3) is 0.500. The summed E-state index contributed by atoms with van der Waals surface area (Å²) in [7, 11) is 0. The summed E-state index contributed by atoms with van der Waals surface area (Å²) >= 11 is 0. The number of carboxylic acid groups (broad SMARTS) is 5. The van der Waals surface area contributed by atoms with Crippen molar-refractivity contribution in [2.45, 2.75) is 32.3 Å². The van der Waals surface area contributed by atoms with E-state index in [2.05, 4.69) is 0 Å². The van der Waals surface area contributed by atoms with Crippen LogP contribution in [0, 0.1) is 0 Å². The summed E-state index contributed by atoms with van der Waals surface area (Å²) in [5, 5.41) is 50.1. The van der Waals surface area contributed by atoms with Gasteiger partial charge in [0.25, 0.3) is 5.97 Å². The first-order valence-corrected chi connectivity index (χ1v) is 5.01. The van der Waals surface area contributed by atoms with Crippen LogP contribution in [0.25, 0.3) is 0 Å². The Morgan fingerprint density at radius 3 is 1.14 bits per heavy atom. The van der Waals surface area contributed by atoms with Crippen molar-refractivity contribution in [2.75, 3.05) is 0 Å². The van der Waals surface area contributed by atoms with Crippen LogP contribution < -0.4 is 34.7 Å². The van der Waals surface area contributed by atoms with E-state index in [9.17, 15) is 14.4 Å². The number of carbonyl (C=O) groups is 5. The summed E-state index contributed by atoms with van der Waals surface area (Å²) in [6.45, 7) is 2.06. The normalized spacial score (nSPS) is 8.68. The Morgan fingerprint density at radius 1 is 0.864 bits per heavy atom. The van der Waals surface area contributed by atoms with Gasteiger partial charge in [-0.1, -0.05) is 0 Å². The second kappa shape index (κ2) is 14.3. The van der Waals surface area contributed by atoms with Crippen molar-refractivity contribution in [3.63, 3.8) is 0 Å². The largest absolute Gasteiger partial charge is 1.00 e. The molecule has 0 saturated heterocycles. The molecule has 12 heteroatoms. The number of carbonyl (C=O) groups excluding carboxylic acids is 1. The van der Waals surface area contributed by atoms with Gasteiger partial charge in [-0.05, 0) is 6.92 Å². The molecule has 0 aliphatic rings. The molecule has 0 aromatic rings. The first kappa shape index (κ1) is 28.5.